The van der Waals surface area contributed by atoms with E-state index in [9.17, 15) is 4.79 Å². The molecule has 2 aromatic heterocycles. The highest BCUT2D eigenvalue weighted by Gasteiger charge is 2.26. The van der Waals surface area contributed by atoms with Crippen LogP contribution in [-0.2, 0) is 10.1 Å². The summed E-state index contributed by atoms with van der Waals surface area (Å²) in [7, 11) is 0. The normalized spacial score (nSPS) is 15.8. The molecule has 0 unspecified atom stereocenters. The van der Waals surface area contributed by atoms with E-state index in [0.29, 0.717) is 13.1 Å². The van der Waals surface area contributed by atoms with Crippen LogP contribution in [0.4, 0.5) is 10.5 Å². The highest BCUT2D eigenvalue weighted by Crippen LogP contribution is 2.25. The van der Waals surface area contributed by atoms with Crippen molar-refractivity contribution in [1.82, 2.24) is 14.9 Å². The Kier molecular flexibility index (Phi) is 4.71. The molecule has 3 rings (SSSR count). The summed E-state index contributed by atoms with van der Waals surface area (Å²) in [4.78, 5) is 23.9. The first-order valence-electron chi connectivity index (χ1n) is 8.12. The molecule has 1 saturated heterocycles. The molecule has 7 heteroatoms. The van der Waals surface area contributed by atoms with Crippen LogP contribution in [0.25, 0.3) is 11.0 Å². The van der Waals surface area contributed by atoms with Gasteiger partial charge in [0.15, 0.2) is 0 Å². The van der Waals surface area contributed by atoms with Gasteiger partial charge in [-0.05, 0) is 32.4 Å². The Balaban J connectivity index is 1.67. The van der Waals surface area contributed by atoms with E-state index in [1.165, 1.54) is 5.56 Å². The molecule has 6 nitrogen and oxygen atoms in total. The number of fused-ring (bicyclic) bond motifs is 1. The fraction of sp³-hybridized carbons (Fsp3) is 0.529. The zero-order valence-corrected chi connectivity index (χ0v) is 15.9. The Morgan fingerprint density at radius 3 is 2.67 bits per heavy atom. The number of ether oxygens (including phenoxy) is 1. The van der Waals surface area contributed by atoms with Crippen molar-refractivity contribution in [2.45, 2.75) is 31.7 Å². The third-order valence-corrected chi connectivity index (χ3v) is 4.65. The lowest BCUT2D eigenvalue weighted by Gasteiger charge is -2.36. The largest absolute Gasteiger partial charge is 0.444 e. The van der Waals surface area contributed by atoms with Crippen molar-refractivity contribution in [2.24, 2.45) is 0 Å². The van der Waals surface area contributed by atoms with Crippen molar-refractivity contribution < 1.29 is 9.53 Å². The summed E-state index contributed by atoms with van der Waals surface area (Å²) < 4.78 is 5.44. The standard InChI is InChI=1S/C17H23BrN4O2/c1-17(2,3)24-16(23)22-6-4-21(5-7-22)13-8-14-12(9-18)10-19-15(14)20-11-13/h8,10-11H,4-7,9H2,1-3H3,(H,19,20). The molecule has 0 atom stereocenters. The average molecular weight is 395 g/mol. The van der Waals surface area contributed by atoms with Crippen LogP contribution in [0, 0.1) is 0 Å². The summed E-state index contributed by atoms with van der Waals surface area (Å²) >= 11 is 3.51. The molecule has 1 aliphatic rings. The van der Waals surface area contributed by atoms with Crippen molar-refractivity contribution in [3.05, 3.63) is 24.0 Å². The minimum Gasteiger partial charge on any atom is -0.444 e. The first-order valence-corrected chi connectivity index (χ1v) is 9.24. The van der Waals surface area contributed by atoms with Crippen LogP contribution in [0.3, 0.4) is 0 Å². The molecular formula is C17H23BrN4O2. The molecule has 0 aromatic carbocycles. The Labute approximate surface area is 150 Å². The van der Waals surface area contributed by atoms with Crippen LogP contribution in [-0.4, -0.2) is 52.7 Å². The molecule has 130 valence electrons. The first-order chi connectivity index (χ1) is 11.4. The van der Waals surface area contributed by atoms with Crippen molar-refractivity contribution in [1.29, 1.82) is 0 Å². The predicted octanol–water partition coefficient (Wildman–Crippen LogP) is 3.51. The monoisotopic (exact) mass is 394 g/mol. The predicted molar refractivity (Wildman–Crippen MR) is 98.7 cm³/mol. The molecule has 3 heterocycles. The molecule has 0 spiro atoms. The van der Waals surface area contributed by atoms with Crippen LogP contribution in [0.15, 0.2) is 18.5 Å². The number of amides is 1. The van der Waals surface area contributed by atoms with E-state index in [-0.39, 0.29) is 6.09 Å². The summed E-state index contributed by atoms with van der Waals surface area (Å²) in [5, 5.41) is 1.93. The second-order valence-electron chi connectivity index (χ2n) is 6.99. The number of nitrogens with zero attached hydrogens (tertiary/aromatic N) is 3. The van der Waals surface area contributed by atoms with Crippen LogP contribution < -0.4 is 4.90 Å². The summed E-state index contributed by atoms with van der Waals surface area (Å²) in [6, 6.07) is 2.17. The number of aromatic amines is 1. The maximum absolute atomic E-state index is 12.1. The minimum absolute atomic E-state index is 0.233. The zero-order valence-electron chi connectivity index (χ0n) is 14.3. The quantitative estimate of drug-likeness (QED) is 0.791. The van der Waals surface area contributed by atoms with Crippen LogP contribution in [0.5, 0.6) is 0 Å². The van der Waals surface area contributed by atoms with Gasteiger partial charge in [-0.2, -0.15) is 0 Å². The van der Waals surface area contributed by atoms with E-state index in [0.717, 1.165) is 35.1 Å². The zero-order chi connectivity index (χ0) is 17.3. The lowest BCUT2D eigenvalue weighted by Crippen LogP contribution is -2.50. The van der Waals surface area contributed by atoms with Crippen LogP contribution in [0.2, 0.25) is 0 Å². The van der Waals surface area contributed by atoms with Gasteiger partial charge in [0, 0.05) is 43.1 Å². The molecule has 0 saturated carbocycles. The number of rotatable bonds is 2. The Morgan fingerprint density at radius 1 is 1.33 bits per heavy atom. The molecule has 1 fully saturated rings. The number of piperazine rings is 1. The number of carbonyl (C=O) groups is 1. The van der Waals surface area contributed by atoms with E-state index >= 15 is 0 Å². The van der Waals surface area contributed by atoms with Crippen molar-refractivity contribution in [2.75, 3.05) is 31.1 Å². The molecular weight excluding hydrogens is 372 g/mol. The Morgan fingerprint density at radius 2 is 2.04 bits per heavy atom. The number of halogens is 1. The third-order valence-electron chi connectivity index (χ3n) is 4.04. The first kappa shape index (κ1) is 17.1. The minimum atomic E-state index is -0.455. The summed E-state index contributed by atoms with van der Waals surface area (Å²) in [6.45, 7) is 8.54. The Bertz CT molecular complexity index is 730. The lowest BCUT2D eigenvalue weighted by molar-refractivity contribution is 0.0240. The second kappa shape index (κ2) is 6.63. The molecule has 0 radical (unpaired) electrons. The molecule has 2 aromatic rings. The number of nitrogens with one attached hydrogen (secondary N) is 1. The number of aromatic nitrogens is 2. The van der Waals surface area contributed by atoms with E-state index in [1.54, 1.807) is 4.90 Å². The fourth-order valence-electron chi connectivity index (χ4n) is 2.80. The summed E-state index contributed by atoms with van der Waals surface area (Å²) in [5.74, 6) is 0. The fourth-order valence-corrected chi connectivity index (χ4v) is 3.27. The lowest BCUT2D eigenvalue weighted by atomic mass is 10.2. The van der Waals surface area contributed by atoms with Gasteiger partial charge in [0.1, 0.15) is 11.2 Å². The van der Waals surface area contributed by atoms with Gasteiger partial charge in [-0.3, -0.25) is 0 Å². The van der Waals surface area contributed by atoms with Crippen LogP contribution >= 0.6 is 15.9 Å². The highest BCUT2D eigenvalue weighted by atomic mass is 79.9. The van der Waals surface area contributed by atoms with Crippen LogP contribution in [0.1, 0.15) is 26.3 Å². The number of hydrogen-bond acceptors (Lipinski definition) is 4. The highest BCUT2D eigenvalue weighted by molar-refractivity contribution is 9.08. The van der Waals surface area contributed by atoms with Gasteiger partial charge in [0.25, 0.3) is 0 Å². The number of hydrogen-bond donors (Lipinski definition) is 1. The topological polar surface area (TPSA) is 61.5 Å². The van der Waals surface area contributed by atoms with Gasteiger partial charge in [-0.1, -0.05) is 15.9 Å². The third kappa shape index (κ3) is 3.66. The van der Waals surface area contributed by atoms with E-state index < -0.39 is 5.60 Å². The number of pyridine rings is 1. The average Bonchev–Trinajstić information content (AvgIpc) is 2.95. The van der Waals surface area contributed by atoms with Gasteiger partial charge in [-0.15, -0.1) is 0 Å². The smallest absolute Gasteiger partial charge is 0.410 e. The van der Waals surface area contributed by atoms with Gasteiger partial charge < -0.3 is 19.5 Å². The van der Waals surface area contributed by atoms with E-state index in [2.05, 4.69) is 36.9 Å². The number of carbonyl (C=O) groups excluding carboxylic acids is 1. The second-order valence-corrected chi connectivity index (χ2v) is 7.55. The maximum Gasteiger partial charge on any atom is 0.410 e. The van der Waals surface area contributed by atoms with Crippen molar-refractivity contribution >= 4 is 38.7 Å². The number of anilines is 1. The van der Waals surface area contributed by atoms with Gasteiger partial charge in [0.05, 0.1) is 11.9 Å². The summed E-state index contributed by atoms with van der Waals surface area (Å²) in [6.07, 6.45) is 3.64. The molecule has 24 heavy (non-hydrogen) atoms. The van der Waals surface area contributed by atoms with Gasteiger partial charge >= 0.3 is 6.09 Å². The number of H-pyrrole nitrogens is 1. The molecule has 1 aliphatic heterocycles. The summed E-state index contributed by atoms with van der Waals surface area (Å²) in [5.41, 5.74) is 2.74. The molecule has 0 aliphatic carbocycles. The Hall–Kier alpha value is -1.76. The van der Waals surface area contributed by atoms with Crippen molar-refractivity contribution in [3.8, 4) is 0 Å². The van der Waals surface area contributed by atoms with Gasteiger partial charge in [0.2, 0.25) is 0 Å². The molecule has 0 bridgehead atoms. The van der Waals surface area contributed by atoms with E-state index in [4.69, 9.17) is 4.74 Å². The SMILES string of the molecule is CC(C)(C)OC(=O)N1CCN(c2cnc3[nH]cc(CBr)c3c2)CC1. The van der Waals surface area contributed by atoms with Crippen molar-refractivity contribution in [3.63, 3.8) is 0 Å². The van der Waals surface area contributed by atoms with E-state index in [1.807, 2.05) is 33.2 Å². The van der Waals surface area contributed by atoms with Gasteiger partial charge in [-0.25, -0.2) is 9.78 Å². The number of alkyl halides is 1. The molecule has 1 N–H and O–H groups in total. The maximum atomic E-state index is 12.1. The molecule has 1 amide bonds.